The molecule has 5 nitrogen and oxygen atoms in total. The summed E-state index contributed by atoms with van der Waals surface area (Å²) >= 11 is 5.69. The number of sulfonamides is 1. The van der Waals surface area contributed by atoms with Gasteiger partial charge in [0.15, 0.2) is 0 Å². The summed E-state index contributed by atoms with van der Waals surface area (Å²) in [5.41, 5.74) is 0. The van der Waals surface area contributed by atoms with Gasteiger partial charge in [0.25, 0.3) is 0 Å². The van der Waals surface area contributed by atoms with E-state index >= 15 is 0 Å². The van der Waals surface area contributed by atoms with Crippen molar-refractivity contribution < 1.29 is 17.9 Å². The molecule has 0 saturated heterocycles. The Balaban J connectivity index is 2.80. The van der Waals surface area contributed by atoms with Crippen LogP contribution in [0, 0.1) is 0 Å². The molecule has 0 atom stereocenters. The van der Waals surface area contributed by atoms with Crippen LogP contribution in [-0.2, 0) is 19.6 Å². The largest absolute Gasteiger partial charge is 0.469 e. The van der Waals surface area contributed by atoms with Crippen molar-refractivity contribution in [2.75, 3.05) is 20.7 Å². The number of hydrogen-bond acceptors (Lipinski definition) is 4. The van der Waals surface area contributed by atoms with Crippen molar-refractivity contribution >= 4 is 27.6 Å². The molecule has 0 saturated carbocycles. The number of ether oxygens (including phenoxy) is 1. The van der Waals surface area contributed by atoms with Crippen molar-refractivity contribution in [3.05, 3.63) is 29.3 Å². The van der Waals surface area contributed by atoms with E-state index in [2.05, 4.69) is 4.74 Å². The Morgan fingerprint density at radius 2 is 1.89 bits per heavy atom. The topological polar surface area (TPSA) is 63.7 Å². The summed E-state index contributed by atoms with van der Waals surface area (Å²) < 4.78 is 29.7. The summed E-state index contributed by atoms with van der Waals surface area (Å²) in [6.45, 7) is 0.0671. The van der Waals surface area contributed by atoms with E-state index in [9.17, 15) is 13.2 Å². The van der Waals surface area contributed by atoms with Gasteiger partial charge in [0.2, 0.25) is 10.0 Å². The molecule has 18 heavy (non-hydrogen) atoms. The van der Waals surface area contributed by atoms with Crippen LogP contribution in [0.5, 0.6) is 0 Å². The van der Waals surface area contributed by atoms with Crippen LogP contribution < -0.4 is 0 Å². The van der Waals surface area contributed by atoms with Crippen molar-refractivity contribution in [2.24, 2.45) is 0 Å². The lowest BCUT2D eigenvalue weighted by Crippen LogP contribution is -2.29. The second kappa shape index (κ2) is 6.17. The minimum atomic E-state index is -3.59. The van der Waals surface area contributed by atoms with E-state index in [1.807, 2.05) is 0 Å². The maximum absolute atomic E-state index is 12.1. The number of nitrogens with zero attached hydrogens (tertiary/aromatic N) is 1. The van der Waals surface area contributed by atoms with Crippen LogP contribution in [0.3, 0.4) is 0 Å². The number of esters is 1. The molecule has 0 bridgehead atoms. The molecule has 0 aliphatic carbocycles. The van der Waals surface area contributed by atoms with Crippen LogP contribution in [-0.4, -0.2) is 39.4 Å². The van der Waals surface area contributed by atoms with E-state index in [-0.39, 0.29) is 17.9 Å². The van der Waals surface area contributed by atoms with Crippen LogP contribution in [0.25, 0.3) is 0 Å². The quantitative estimate of drug-likeness (QED) is 0.772. The minimum Gasteiger partial charge on any atom is -0.469 e. The van der Waals surface area contributed by atoms with E-state index in [1.54, 1.807) is 0 Å². The van der Waals surface area contributed by atoms with E-state index in [4.69, 9.17) is 11.6 Å². The molecule has 0 radical (unpaired) electrons. The predicted molar refractivity (Wildman–Crippen MR) is 67.9 cm³/mol. The summed E-state index contributed by atoms with van der Waals surface area (Å²) in [4.78, 5) is 11.1. The molecule has 1 aromatic carbocycles. The maximum atomic E-state index is 12.1. The van der Waals surface area contributed by atoms with Crippen molar-refractivity contribution in [1.29, 1.82) is 0 Å². The van der Waals surface area contributed by atoms with E-state index in [1.165, 1.54) is 38.4 Å². The Labute approximate surface area is 111 Å². The summed E-state index contributed by atoms with van der Waals surface area (Å²) in [5.74, 6) is -0.451. The van der Waals surface area contributed by atoms with Crippen LogP contribution in [0.15, 0.2) is 29.2 Å². The van der Waals surface area contributed by atoms with E-state index in [0.29, 0.717) is 5.02 Å². The molecule has 0 aliphatic rings. The van der Waals surface area contributed by atoms with Gasteiger partial charge in [-0.25, -0.2) is 12.7 Å². The third-order valence-corrected chi connectivity index (χ3v) is 4.50. The normalized spacial score (nSPS) is 11.6. The molecule has 100 valence electrons. The molecular weight excluding hydrogens is 278 g/mol. The number of methoxy groups -OCH3 is 1. The highest BCUT2D eigenvalue weighted by molar-refractivity contribution is 7.89. The van der Waals surface area contributed by atoms with Gasteiger partial charge < -0.3 is 4.74 Å². The average molecular weight is 292 g/mol. The SMILES string of the molecule is COC(=O)CCN(C)S(=O)(=O)c1ccc(Cl)cc1. The van der Waals surface area contributed by atoms with Crippen molar-refractivity contribution in [3.63, 3.8) is 0 Å². The standard InChI is InChI=1S/C11H14ClNO4S/c1-13(8-7-11(14)17-2)18(15,16)10-5-3-9(12)4-6-10/h3-6H,7-8H2,1-2H3. The average Bonchev–Trinajstić information content (AvgIpc) is 2.35. The lowest BCUT2D eigenvalue weighted by molar-refractivity contribution is -0.140. The van der Waals surface area contributed by atoms with Crippen LogP contribution in [0.1, 0.15) is 6.42 Å². The number of rotatable bonds is 5. The third-order valence-electron chi connectivity index (χ3n) is 2.38. The molecule has 0 amide bonds. The zero-order valence-electron chi connectivity index (χ0n) is 10.1. The van der Waals surface area contributed by atoms with Crippen molar-refractivity contribution in [1.82, 2.24) is 4.31 Å². The van der Waals surface area contributed by atoms with Crippen LogP contribution >= 0.6 is 11.6 Å². The molecule has 0 fully saturated rings. The zero-order valence-corrected chi connectivity index (χ0v) is 11.7. The van der Waals surface area contributed by atoms with Gasteiger partial charge in [0.1, 0.15) is 0 Å². The van der Waals surface area contributed by atoms with E-state index < -0.39 is 16.0 Å². The van der Waals surface area contributed by atoms with Gasteiger partial charge in [-0.2, -0.15) is 0 Å². The fourth-order valence-corrected chi connectivity index (χ4v) is 2.56. The van der Waals surface area contributed by atoms with Gasteiger partial charge in [-0.15, -0.1) is 0 Å². The maximum Gasteiger partial charge on any atom is 0.306 e. The molecule has 7 heteroatoms. The fraction of sp³-hybridized carbons (Fsp3) is 0.364. The molecule has 1 aromatic rings. The second-order valence-corrected chi connectivity index (χ2v) is 6.09. The highest BCUT2D eigenvalue weighted by Crippen LogP contribution is 2.17. The van der Waals surface area contributed by atoms with Crippen LogP contribution in [0.2, 0.25) is 5.02 Å². The lowest BCUT2D eigenvalue weighted by Gasteiger charge is -2.16. The molecule has 0 unspecified atom stereocenters. The molecule has 1 rings (SSSR count). The van der Waals surface area contributed by atoms with Gasteiger partial charge in [0.05, 0.1) is 18.4 Å². The Hall–Kier alpha value is -1.11. The summed E-state index contributed by atoms with van der Waals surface area (Å²) in [6, 6.07) is 5.85. The number of benzene rings is 1. The number of carbonyl (C=O) groups excluding carboxylic acids is 1. The van der Waals surface area contributed by atoms with Gasteiger partial charge in [-0.05, 0) is 24.3 Å². The molecule has 0 aliphatic heterocycles. The lowest BCUT2D eigenvalue weighted by atomic mass is 10.4. The Bertz CT molecular complexity index is 512. The van der Waals surface area contributed by atoms with Gasteiger partial charge in [-0.3, -0.25) is 4.79 Å². The highest BCUT2D eigenvalue weighted by Gasteiger charge is 2.21. The van der Waals surface area contributed by atoms with E-state index in [0.717, 1.165) is 4.31 Å². The molecule has 0 N–H and O–H groups in total. The van der Waals surface area contributed by atoms with Crippen molar-refractivity contribution in [3.8, 4) is 0 Å². The number of halogens is 1. The van der Waals surface area contributed by atoms with Gasteiger partial charge in [0, 0.05) is 18.6 Å². The second-order valence-electron chi connectivity index (χ2n) is 3.61. The number of hydrogen-bond donors (Lipinski definition) is 0. The third kappa shape index (κ3) is 3.69. The van der Waals surface area contributed by atoms with Gasteiger partial charge >= 0.3 is 5.97 Å². The fourth-order valence-electron chi connectivity index (χ4n) is 1.26. The molecule has 0 heterocycles. The Kier molecular flexibility index (Phi) is 5.13. The first kappa shape index (κ1) is 14.9. The monoisotopic (exact) mass is 291 g/mol. The Morgan fingerprint density at radius 3 is 2.39 bits per heavy atom. The first-order valence-electron chi connectivity index (χ1n) is 5.16. The van der Waals surface area contributed by atoms with Gasteiger partial charge in [-0.1, -0.05) is 11.6 Å². The minimum absolute atomic E-state index is 0.0137. The Morgan fingerprint density at radius 1 is 1.33 bits per heavy atom. The first-order chi connectivity index (χ1) is 8.37. The van der Waals surface area contributed by atoms with Crippen LogP contribution in [0.4, 0.5) is 0 Å². The predicted octanol–water partition coefficient (Wildman–Crippen LogP) is 1.52. The summed E-state index contributed by atoms with van der Waals surface area (Å²) in [5, 5.41) is 0.464. The summed E-state index contributed by atoms with van der Waals surface area (Å²) in [6.07, 6.45) is 0.0137. The summed E-state index contributed by atoms with van der Waals surface area (Å²) in [7, 11) is -0.923. The smallest absolute Gasteiger partial charge is 0.306 e. The highest BCUT2D eigenvalue weighted by atomic mass is 35.5. The molecule has 0 aromatic heterocycles. The molecular formula is C11H14ClNO4S. The zero-order chi connectivity index (χ0) is 13.8. The first-order valence-corrected chi connectivity index (χ1v) is 6.98. The van der Waals surface area contributed by atoms with Crippen molar-refractivity contribution in [2.45, 2.75) is 11.3 Å². The molecule has 0 spiro atoms. The number of carbonyl (C=O) groups is 1.